The summed E-state index contributed by atoms with van der Waals surface area (Å²) in [7, 11) is 1.88. The van der Waals surface area contributed by atoms with Gasteiger partial charge in [-0.15, -0.1) is 35.3 Å². The van der Waals surface area contributed by atoms with Gasteiger partial charge in [0.15, 0.2) is 5.96 Å². The Bertz CT molecular complexity index is 843. The van der Waals surface area contributed by atoms with Gasteiger partial charge in [0.1, 0.15) is 0 Å². The molecule has 4 rings (SSSR count). The quantitative estimate of drug-likeness (QED) is 0.329. The largest absolute Gasteiger partial charge is 0.363 e. The summed E-state index contributed by atoms with van der Waals surface area (Å²) in [4.78, 5) is 9.59. The van der Waals surface area contributed by atoms with E-state index in [2.05, 4.69) is 81.1 Å². The van der Waals surface area contributed by atoms with Crippen molar-refractivity contribution in [1.82, 2.24) is 15.5 Å². The topological polar surface area (TPSA) is 42.9 Å². The lowest BCUT2D eigenvalue weighted by molar-refractivity contribution is 0.107. The lowest BCUT2D eigenvalue weighted by Gasteiger charge is -2.42. The molecule has 1 fully saturated rings. The molecule has 31 heavy (non-hydrogen) atoms. The molecule has 1 aromatic heterocycles. The predicted octanol–water partition coefficient (Wildman–Crippen LogP) is 4.34. The molecule has 2 aromatic rings. The highest BCUT2D eigenvalue weighted by molar-refractivity contribution is 14.0. The van der Waals surface area contributed by atoms with Crippen molar-refractivity contribution in [3.8, 4) is 0 Å². The Hall–Kier alpha value is -1.32. The Labute approximate surface area is 208 Å². The van der Waals surface area contributed by atoms with Gasteiger partial charge in [-0.2, -0.15) is 0 Å². The lowest BCUT2D eigenvalue weighted by atomic mass is 9.94. The van der Waals surface area contributed by atoms with Crippen molar-refractivity contribution in [2.75, 3.05) is 38.1 Å². The van der Waals surface area contributed by atoms with Crippen LogP contribution in [0, 0.1) is 0 Å². The first-order valence-electron chi connectivity index (χ1n) is 11.1. The average molecular weight is 554 g/mol. The maximum atomic E-state index is 4.50. The first-order chi connectivity index (χ1) is 14.5. The second kappa shape index (κ2) is 11.0. The van der Waals surface area contributed by atoms with Gasteiger partial charge in [0.25, 0.3) is 0 Å². The van der Waals surface area contributed by atoms with Crippen molar-refractivity contribution in [3.63, 3.8) is 0 Å². The van der Waals surface area contributed by atoms with E-state index in [1.165, 1.54) is 16.1 Å². The van der Waals surface area contributed by atoms with E-state index < -0.39 is 0 Å². The Morgan fingerprint density at radius 3 is 2.52 bits per heavy atom. The van der Waals surface area contributed by atoms with Crippen LogP contribution in [0.25, 0.3) is 0 Å². The summed E-state index contributed by atoms with van der Waals surface area (Å²) in [6, 6.07) is 13.7. The third-order valence-electron chi connectivity index (χ3n) is 6.55. The van der Waals surface area contributed by atoms with Gasteiger partial charge >= 0.3 is 0 Å². The number of hydrogen-bond donors (Lipinski definition) is 2. The Balaban J connectivity index is 0.00000272. The highest BCUT2D eigenvalue weighted by Crippen LogP contribution is 2.26. The van der Waals surface area contributed by atoms with Crippen LogP contribution in [0.4, 0.5) is 5.00 Å². The fourth-order valence-corrected chi connectivity index (χ4v) is 5.29. The van der Waals surface area contributed by atoms with Crippen molar-refractivity contribution in [1.29, 1.82) is 0 Å². The van der Waals surface area contributed by atoms with Gasteiger partial charge in [-0.05, 0) is 61.7 Å². The van der Waals surface area contributed by atoms with Gasteiger partial charge in [-0.1, -0.05) is 24.3 Å². The van der Waals surface area contributed by atoms with Crippen LogP contribution in [0.15, 0.2) is 46.8 Å². The van der Waals surface area contributed by atoms with Crippen LogP contribution in [0.2, 0.25) is 0 Å². The van der Waals surface area contributed by atoms with Gasteiger partial charge in [-0.25, -0.2) is 0 Å². The van der Waals surface area contributed by atoms with Crippen LogP contribution in [0.5, 0.6) is 0 Å². The number of rotatable bonds is 5. The summed E-state index contributed by atoms with van der Waals surface area (Å²) in [6.07, 6.45) is 3.42. The molecule has 7 heteroatoms. The predicted molar refractivity (Wildman–Crippen MR) is 144 cm³/mol. The maximum absolute atomic E-state index is 4.50. The standard InChI is InChI=1S/C24H35N5S.HI/c1-24(2,29-15-10-19-7-4-5-8-20(19)17-29)18-26-23(25-3)27-21-11-13-28(14-12-21)22-9-6-16-30-22;/h4-9,16,21H,10-15,17-18H2,1-3H3,(H2,25,26,27);1H. The van der Waals surface area contributed by atoms with E-state index in [0.29, 0.717) is 6.04 Å². The molecule has 2 aliphatic heterocycles. The van der Waals surface area contributed by atoms with Gasteiger partial charge in [-0.3, -0.25) is 9.89 Å². The number of halogens is 1. The fraction of sp³-hybridized carbons (Fsp3) is 0.542. The number of thiophene rings is 1. The monoisotopic (exact) mass is 553 g/mol. The minimum Gasteiger partial charge on any atom is -0.363 e. The molecular formula is C24H36IN5S. The van der Waals surface area contributed by atoms with Crippen molar-refractivity contribution >= 4 is 46.3 Å². The first-order valence-corrected chi connectivity index (χ1v) is 12.0. The molecule has 1 aromatic carbocycles. The molecule has 5 nitrogen and oxygen atoms in total. The van der Waals surface area contributed by atoms with Crippen molar-refractivity contribution in [2.45, 2.75) is 51.2 Å². The third-order valence-corrected chi connectivity index (χ3v) is 7.48. The molecule has 0 spiro atoms. The molecular weight excluding hydrogens is 517 g/mol. The zero-order valence-electron chi connectivity index (χ0n) is 18.9. The van der Waals surface area contributed by atoms with E-state index in [1.54, 1.807) is 0 Å². The molecule has 0 amide bonds. The number of aliphatic imine (C=N–C) groups is 1. The lowest BCUT2D eigenvalue weighted by Crippen LogP contribution is -2.56. The number of anilines is 1. The summed E-state index contributed by atoms with van der Waals surface area (Å²) < 4.78 is 0. The minimum absolute atomic E-state index is 0. The SMILES string of the molecule is CN=C(NCC(C)(C)N1CCc2ccccc2C1)NC1CCN(c2cccs2)CC1.I. The Kier molecular flexibility index (Phi) is 8.64. The van der Waals surface area contributed by atoms with Gasteiger partial charge in [0, 0.05) is 51.4 Å². The molecule has 3 heterocycles. The van der Waals surface area contributed by atoms with Crippen LogP contribution in [0.1, 0.15) is 37.8 Å². The summed E-state index contributed by atoms with van der Waals surface area (Å²) in [6.45, 7) is 9.89. The molecule has 0 unspecified atom stereocenters. The van der Waals surface area contributed by atoms with Gasteiger partial charge in [0.05, 0.1) is 5.00 Å². The number of piperidine rings is 1. The number of fused-ring (bicyclic) bond motifs is 1. The van der Waals surface area contributed by atoms with Crippen molar-refractivity contribution in [2.24, 2.45) is 4.99 Å². The van der Waals surface area contributed by atoms with Crippen molar-refractivity contribution < 1.29 is 0 Å². The van der Waals surface area contributed by atoms with Crippen LogP contribution < -0.4 is 15.5 Å². The molecule has 2 N–H and O–H groups in total. The maximum Gasteiger partial charge on any atom is 0.191 e. The molecule has 0 bridgehead atoms. The van der Waals surface area contributed by atoms with Crippen molar-refractivity contribution in [3.05, 3.63) is 52.9 Å². The molecule has 0 radical (unpaired) electrons. The minimum atomic E-state index is 0. The van der Waals surface area contributed by atoms with Gasteiger partial charge in [0.2, 0.25) is 0 Å². The van der Waals surface area contributed by atoms with E-state index in [0.717, 1.165) is 57.9 Å². The van der Waals surface area contributed by atoms with Crippen LogP contribution >= 0.6 is 35.3 Å². The number of hydrogen-bond acceptors (Lipinski definition) is 4. The second-order valence-electron chi connectivity index (χ2n) is 9.04. The van der Waals surface area contributed by atoms with E-state index >= 15 is 0 Å². The molecule has 0 aliphatic carbocycles. The molecule has 170 valence electrons. The van der Waals surface area contributed by atoms with Gasteiger partial charge < -0.3 is 15.5 Å². The third kappa shape index (κ3) is 6.14. The fourth-order valence-electron chi connectivity index (χ4n) is 4.51. The number of nitrogens with zero attached hydrogens (tertiary/aromatic N) is 3. The summed E-state index contributed by atoms with van der Waals surface area (Å²) in [5, 5.41) is 10.8. The van der Waals surface area contributed by atoms with E-state index in [1.807, 2.05) is 18.4 Å². The summed E-state index contributed by atoms with van der Waals surface area (Å²) in [5.41, 5.74) is 3.04. The van der Waals surface area contributed by atoms with Crippen LogP contribution in [-0.4, -0.2) is 55.7 Å². The highest BCUT2D eigenvalue weighted by Gasteiger charge is 2.30. The van der Waals surface area contributed by atoms with Crippen LogP contribution in [0.3, 0.4) is 0 Å². The number of guanidine groups is 1. The first kappa shape index (κ1) is 24.3. The zero-order valence-corrected chi connectivity index (χ0v) is 22.1. The number of nitrogens with one attached hydrogen (secondary N) is 2. The van der Waals surface area contributed by atoms with E-state index in [-0.39, 0.29) is 29.5 Å². The van der Waals surface area contributed by atoms with E-state index in [9.17, 15) is 0 Å². The van der Waals surface area contributed by atoms with Crippen LogP contribution in [-0.2, 0) is 13.0 Å². The number of benzene rings is 1. The smallest absolute Gasteiger partial charge is 0.191 e. The van der Waals surface area contributed by atoms with E-state index in [4.69, 9.17) is 0 Å². The summed E-state index contributed by atoms with van der Waals surface area (Å²) in [5.74, 6) is 0.926. The molecule has 1 saturated heterocycles. The average Bonchev–Trinajstić information content (AvgIpc) is 3.31. The second-order valence-corrected chi connectivity index (χ2v) is 9.96. The normalized spacial score (nSPS) is 18.3. The molecule has 2 aliphatic rings. The zero-order chi connectivity index (χ0) is 21.0. The summed E-state index contributed by atoms with van der Waals surface area (Å²) >= 11 is 1.83. The Morgan fingerprint density at radius 1 is 1.10 bits per heavy atom. The Morgan fingerprint density at radius 2 is 1.84 bits per heavy atom. The molecule has 0 saturated carbocycles. The highest BCUT2D eigenvalue weighted by atomic mass is 127. The molecule has 0 atom stereocenters.